The van der Waals surface area contributed by atoms with Gasteiger partial charge in [-0.15, -0.1) is 11.3 Å². The number of anilines is 1. The summed E-state index contributed by atoms with van der Waals surface area (Å²) in [6, 6.07) is 4.33. The first-order valence-electron chi connectivity index (χ1n) is 10.2. The highest BCUT2D eigenvalue weighted by atomic mass is 35.5. The molecule has 1 amide bonds. The molecule has 4 rings (SSSR count). The van der Waals surface area contributed by atoms with E-state index in [9.17, 15) is 14.0 Å². The third-order valence-electron chi connectivity index (χ3n) is 5.17. The second-order valence-electron chi connectivity index (χ2n) is 7.79. The van der Waals surface area contributed by atoms with Gasteiger partial charge in [0.05, 0.1) is 28.0 Å². The lowest BCUT2D eigenvalue weighted by Gasteiger charge is -2.14. The Hall–Kier alpha value is -2.45. The zero-order valence-electron chi connectivity index (χ0n) is 17.2. The lowest BCUT2D eigenvalue weighted by atomic mass is 9.95. The Kier molecular flexibility index (Phi) is 6.29. The summed E-state index contributed by atoms with van der Waals surface area (Å²) in [6.45, 7) is 3.57. The van der Waals surface area contributed by atoms with Gasteiger partial charge in [0.1, 0.15) is 10.8 Å². The molecule has 0 saturated carbocycles. The number of thiophene rings is 1. The molecule has 1 atom stereocenters. The van der Waals surface area contributed by atoms with Gasteiger partial charge in [0.25, 0.3) is 5.91 Å². The Morgan fingerprint density at radius 3 is 2.84 bits per heavy atom. The summed E-state index contributed by atoms with van der Waals surface area (Å²) in [4.78, 5) is 32.0. The fraction of sp³-hybridized carbons (Fsp3) is 0.409. The number of benzene rings is 1. The molecule has 1 aromatic heterocycles. The molecule has 0 bridgehead atoms. The van der Waals surface area contributed by atoms with E-state index in [4.69, 9.17) is 21.2 Å². The van der Waals surface area contributed by atoms with E-state index in [-0.39, 0.29) is 28.8 Å². The first-order valence-corrected chi connectivity index (χ1v) is 11.4. The third-order valence-corrected chi connectivity index (χ3v) is 6.69. The van der Waals surface area contributed by atoms with Crippen molar-refractivity contribution in [3.8, 4) is 0 Å². The Labute approximate surface area is 188 Å². The van der Waals surface area contributed by atoms with Crippen molar-refractivity contribution in [1.82, 2.24) is 0 Å². The van der Waals surface area contributed by atoms with Gasteiger partial charge in [-0.05, 0) is 57.2 Å². The van der Waals surface area contributed by atoms with Crippen molar-refractivity contribution in [2.45, 2.75) is 58.2 Å². The number of aryl methyl sites for hydroxylation is 1. The van der Waals surface area contributed by atoms with Gasteiger partial charge < -0.3 is 14.9 Å². The number of nitrogens with zero attached hydrogens (tertiary/aromatic N) is 1. The summed E-state index contributed by atoms with van der Waals surface area (Å²) in [7, 11) is 0. The predicted molar refractivity (Wildman–Crippen MR) is 118 cm³/mol. The largest absolute Gasteiger partial charge is 0.459 e. The van der Waals surface area contributed by atoms with Crippen LogP contribution in [0.15, 0.2) is 23.4 Å². The van der Waals surface area contributed by atoms with Crippen LogP contribution in [0.2, 0.25) is 5.02 Å². The van der Waals surface area contributed by atoms with Crippen LogP contribution in [0, 0.1) is 5.82 Å². The summed E-state index contributed by atoms with van der Waals surface area (Å²) >= 11 is 7.49. The van der Waals surface area contributed by atoms with Gasteiger partial charge >= 0.3 is 5.97 Å². The van der Waals surface area contributed by atoms with Gasteiger partial charge in [-0.2, -0.15) is 0 Å². The third kappa shape index (κ3) is 4.45. The molecular weight excluding hydrogens is 443 g/mol. The molecule has 1 aliphatic carbocycles. The van der Waals surface area contributed by atoms with Crippen molar-refractivity contribution in [2.75, 3.05) is 5.32 Å². The highest BCUT2D eigenvalue weighted by molar-refractivity contribution is 7.17. The molecule has 0 radical (unpaired) electrons. The maximum absolute atomic E-state index is 14.2. The molecule has 31 heavy (non-hydrogen) atoms. The van der Waals surface area contributed by atoms with Crippen LogP contribution in [0.5, 0.6) is 0 Å². The Morgan fingerprint density at radius 1 is 1.32 bits per heavy atom. The Bertz CT molecular complexity index is 1050. The van der Waals surface area contributed by atoms with Gasteiger partial charge in [-0.3, -0.25) is 4.79 Å². The maximum Gasteiger partial charge on any atom is 0.341 e. The summed E-state index contributed by atoms with van der Waals surface area (Å²) in [5, 5.41) is 7.36. The number of halogens is 2. The van der Waals surface area contributed by atoms with Crippen molar-refractivity contribution in [1.29, 1.82) is 0 Å². The van der Waals surface area contributed by atoms with E-state index >= 15 is 0 Å². The normalized spacial score (nSPS) is 17.7. The summed E-state index contributed by atoms with van der Waals surface area (Å²) in [5.74, 6) is -1.42. The van der Waals surface area contributed by atoms with E-state index in [1.54, 1.807) is 19.9 Å². The second-order valence-corrected chi connectivity index (χ2v) is 9.30. The lowest BCUT2D eigenvalue weighted by Crippen LogP contribution is -2.28. The van der Waals surface area contributed by atoms with Crippen molar-refractivity contribution in [2.24, 2.45) is 5.16 Å². The average Bonchev–Trinajstić information content (AvgIpc) is 3.32. The molecule has 0 spiro atoms. The van der Waals surface area contributed by atoms with Gasteiger partial charge in [0.15, 0.2) is 0 Å². The zero-order valence-corrected chi connectivity index (χ0v) is 18.7. The van der Waals surface area contributed by atoms with E-state index in [0.29, 0.717) is 10.6 Å². The number of nitrogens with one attached hydrogen (secondary N) is 1. The minimum Gasteiger partial charge on any atom is -0.459 e. The van der Waals surface area contributed by atoms with Crippen LogP contribution >= 0.6 is 22.9 Å². The van der Waals surface area contributed by atoms with Crippen LogP contribution in [0.4, 0.5) is 9.39 Å². The van der Waals surface area contributed by atoms with Crippen LogP contribution in [-0.4, -0.2) is 29.8 Å². The predicted octanol–water partition coefficient (Wildman–Crippen LogP) is 5.12. The number of esters is 1. The molecule has 6 nitrogen and oxygen atoms in total. The molecule has 0 fully saturated rings. The minimum absolute atomic E-state index is 0.0728. The number of oxime groups is 1. The van der Waals surface area contributed by atoms with E-state index in [2.05, 4.69) is 10.5 Å². The van der Waals surface area contributed by atoms with Crippen molar-refractivity contribution in [3.05, 3.63) is 50.6 Å². The topological polar surface area (TPSA) is 77.0 Å². The molecule has 9 heteroatoms. The summed E-state index contributed by atoms with van der Waals surface area (Å²) in [6.07, 6.45) is 2.55. The number of ether oxygens (including phenoxy) is 1. The number of amides is 1. The smallest absolute Gasteiger partial charge is 0.341 e. The molecule has 2 heterocycles. The van der Waals surface area contributed by atoms with E-state index in [1.807, 2.05) is 0 Å². The monoisotopic (exact) mass is 464 g/mol. The molecule has 2 aromatic rings. The SMILES string of the molecule is CC(C)OC(=O)c1c(NC(=O)C2CC(c3c(F)cccc3Cl)=NO2)sc2c1CCCC2. The quantitative estimate of drug-likeness (QED) is 0.623. The highest BCUT2D eigenvalue weighted by Gasteiger charge is 2.34. The van der Waals surface area contributed by atoms with Crippen molar-refractivity contribution >= 4 is 45.5 Å². The summed E-state index contributed by atoms with van der Waals surface area (Å²) in [5.41, 5.74) is 1.79. The van der Waals surface area contributed by atoms with Crippen LogP contribution in [0.3, 0.4) is 0 Å². The number of carbonyl (C=O) groups is 2. The van der Waals surface area contributed by atoms with Crippen LogP contribution in [0.1, 0.15) is 59.5 Å². The van der Waals surface area contributed by atoms with E-state index < -0.39 is 23.8 Å². The van der Waals surface area contributed by atoms with Gasteiger partial charge in [0, 0.05) is 11.3 Å². The van der Waals surface area contributed by atoms with E-state index in [1.165, 1.54) is 23.5 Å². The number of hydrogen-bond donors (Lipinski definition) is 1. The molecule has 0 saturated heterocycles. The fourth-order valence-corrected chi connectivity index (χ4v) is 5.33. The Balaban J connectivity index is 1.53. The lowest BCUT2D eigenvalue weighted by molar-refractivity contribution is -0.125. The molecule has 1 aromatic carbocycles. The molecule has 1 N–H and O–H groups in total. The minimum atomic E-state index is -0.946. The molecule has 1 aliphatic heterocycles. The standard InChI is InChI=1S/C22H22ClFN2O4S/c1-11(2)29-22(28)18-12-6-3-4-9-17(12)31-21(18)25-20(27)16-10-15(26-30-16)19-13(23)7-5-8-14(19)24/h5,7-8,11,16H,3-4,6,9-10H2,1-2H3,(H,25,27). The van der Waals surface area contributed by atoms with Gasteiger partial charge in [-0.25, -0.2) is 9.18 Å². The zero-order chi connectivity index (χ0) is 22.1. The molecular formula is C22H22ClFN2O4S. The van der Waals surface area contributed by atoms with Gasteiger partial charge in [-0.1, -0.05) is 22.8 Å². The number of carbonyl (C=O) groups excluding carboxylic acids is 2. The van der Waals surface area contributed by atoms with Crippen molar-refractivity contribution in [3.63, 3.8) is 0 Å². The van der Waals surface area contributed by atoms with E-state index in [0.717, 1.165) is 36.1 Å². The molecule has 2 aliphatic rings. The number of rotatable bonds is 5. The molecule has 1 unspecified atom stereocenters. The average molecular weight is 465 g/mol. The summed E-state index contributed by atoms with van der Waals surface area (Å²) < 4.78 is 19.6. The van der Waals surface area contributed by atoms with Crippen molar-refractivity contribution < 1.29 is 23.6 Å². The van der Waals surface area contributed by atoms with Gasteiger partial charge in [0.2, 0.25) is 6.10 Å². The van der Waals surface area contributed by atoms with Crippen LogP contribution < -0.4 is 5.32 Å². The van der Waals surface area contributed by atoms with Crippen LogP contribution in [0.25, 0.3) is 0 Å². The molecule has 164 valence electrons. The maximum atomic E-state index is 14.2. The number of fused-ring (bicyclic) bond motifs is 1. The van der Waals surface area contributed by atoms with Crippen LogP contribution in [-0.2, 0) is 27.2 Å². The number of hydrogen-bond acceptors (Lipinski definition) is 6. The highest BCUT2D eigenvalue weighted by Crippen LogP contribution is 2.39. The Morgan fingerprint density at radius 2 is 2.10 bits per heavy atom. The second kappa shape index (κ2) is 8.96. The fourth-order valence-electron chi connectivity index (χ4n) is 3.77. The first-order chi connectivity index (χ1) is 14.8. The first kappa shape index (κ1) is 21.8.